The Morgan fingerprint density at radius 2 is 2.29 bits per heavy atom. The van der Waals surface area contributed by atoms with Gasteiger partial charge >= 0.3 is 0 Å². The number of amides is 1. The summed E-state index contributed by atoms with van der Waals surface area (Å²) >= 11 is 1.44. The maximum atomic E-state index is 12.7. The van der Waals surface area contributed by atoms with E-state index >= 15 is 0 Å². The second-order valence-electron chi connectivity index (χ2n) is 6.48. The van der Waals surface area contributed by atoms with E-state index in [2.05, 4.69) is 15.3 Å². The number of nitrogens with zero attached hydrogens (tertiary/aromatic N) is 3. The summed E-state index contributed by atoms with van der Waals surface area (Å²) in [6.07, 6.45) is 3.98. The molecule has 2 aromatic rings. The normalized spacial score (nSPS) is 17.6. The van der Waals surface area contributed by atoms with Gasteiger partial charge in [-0.15, -0.1) is 11.3 Å². The summed E-state index contributed by atoms with van der Waals surface area (Å²) in [6.45, 7) is 7.56. The van der Waals surface area contributed by atoms with Gasteiger partial charge in [0.2, 0.25) is 0 Å². The third-order valence-corrected chi connectivity index (χ3v) is 5.72. The van der Waals surface area contributed by atoms with Gasteiger partial charge in [0.15, 0.2) is 0 Å². The number of hydrogen-bond donors (Lipinski definition) is 1. The molecule has 24 heavy (non-hydrogen) atoms. The highest BCUT2D eigenvalue weighted by Gasteiger charge is 2.23. The molecule has 7 heteroatoms. The van der Waals surface area contributed by atoms with Crippen molar-refractivity contribution in [2.45, 2.75) is 45.8 Å². The monoisotopic (exact) mass is 348 g/mol. The standard InChI is InChI=1S/C17H24N4O2S/c1-10(2)21(4)17(22)14-11(3)13-15(19-9-20-16(13)24-14)18-8-12-6-5-7-23-12/h9-10,12H,5-8H2,1-4H3,(H,18,19,20). The van der Waals surface area contributed by atoms with Gasteiger partial charge in [-0.1, -0.05) is 0 Å². The average Bonchev–Trinajstić information content (AvgIpc) is 3.20. The van der Waals surface area contributed by atoms with E-state index in [0.717, 1.165) is 52.5 Å². The third kappa shape index (κ3) is 3.23. The van der Waals surface area contributed by atoms with Gasteiger partial charge in [0.25, 0.3) is 5.91 Å². The maximum Gasteiger partial charge on any atom is 0.264 e. The summed E-state index contributed by atoms with van der Waals surface area (Å²) in [5.74, 6) is 0.825. The minimum atomic E-state index is 0.0376. The lowest BCUT2D eigenvalue weighted by Gasteiger charge is -2.21. The van der Waals surface area contributed by atoms with Gasteiger partial charge in [-0.25, -0.2) is 9.97 Å². The number of thiophene rings is 1. The molecule has 2 aromatic heterocycles. The van der Waals surface area contributed by atoms with Crippen molar-refractivity contribution < 1.29 is 9.53 Å². The molecule has 0 aromatic carbocycles. The van der Waals surface area contributed by atoms with Crippen LogP contribution in [0.1, 0.15) is 41.9 Å². The van der Waals surface area contributed by atoms with Crippen molar-refractivity contribution in [3.63, 3.8) is 0 Å². The van der Waals surface area contributed by atoms with Gasteiger partial charge < -0.3 is 15.0 Å². The fraction of sp³-hybridized carbons (Fsp3) is 0.588. The summed E-state index contributed by atoms with van der Waals surface area (Å²) in [5, 5.41) is 4.33. The number of carbonyl (C=O) groups excluding carboxylic acids is 1. The van der Waals surface area contributed by atoms with Crippen LogP contribution in [-0.2, 0) is 4.74 Å². The number of ether oxygens (including phenoxy) is 1. The average molecular weight is 348 g/mol. The zero-order valence-corrected chi connectivity index (χ0v) is 15.4. The minimum absolute atomic E-state index is 0.0376. The Labute approximate surface area is 146 Å². The van der Waals surface area contributed by atoms with Crippen molar-refractivity contribution in [3.05, 3.63) is 16.8 Å². The lowest BCUT2D eigenvalue weighted by atomic mass is 10.1. The van der Waals surface area contributed by atoms with Crippen LogP contribution in [0.25, 0.3) is 10.2 Å². The number of carbonyl (C=O) groups is 1. The molecule has 0 spiro atoms. The highest BCUT2D eigenvalue weighted by molar-refractivity contribution is 7.20. The lowest BCUT2D eigenvalue weighted by molar-refractivity contribution is 0.0759. The van der Waals surface area contributed by atoms with Crippen LogP contribution < -0.4 is 5.32 Å². The third-order valence-electron chi connectivity index (χ3n) is 4.54. The molecule has 1 fully saturated rings. The Hall–Kier alpha value is -1.73. The predicted octanol–water partition coefficient (Wildman–Crippen LogP) is 3.07. The molecule has 1 N–H and O–H groups in total. The second kappa shape index (κ2) is 7.03. The summed E-state index contributed by atoms with van der Waals surface area (Å²) in [5.41, 5.74) is 0.947. The van der Waals surface area contributed by atoms with Crippen LogP contribution in [0.15, 0.2) is 6.33 Å². The van der Waals surface area contributed by atoms with Crippen LogP contribution in [0.3, 0.4) is 0 Å². The van der Waals surface area contributed by atoms with Gasteiger partial charge in [0, 0.05) is 26.2 Å². The van der Waals surface area contributed by atoms with Crippen LogP contribution in [0.5, 0.6) is 0 Å². The highest BCUT2D eigenvalue weighted by atomic mass is 32.1. The van der Waals surface area contributed by atoms with Crippen molar-refractivity contribution in [3.8, 4) is 0 Å². The molecular weight excluding hydrogens is 324 g/mol. The van der Waals surface area contributed by atoms with Crippen LogP contribution in [0.2, 0.25) is 0 Å². The number of aryl methyl sites for hydroxylation is 1. The molecular formula is C17H24N4O2S. The molecule has 6 nitrogen and oxygen atoms in total. The molecule has 1 aliphatic rings. The molecule has 0 saturated carbocycles. The molecule has 1 amide bonds. The lowest BCUT2D eigenvalue weighted by Crippen LogP contribution is -2.32. The number of aromatic nitrogens is 2. The van der Waals surface area contributed by atoms with Crippen molar-refractivity contribution in [1.29, 1.82) is 0 Å². The summed E-state index contributed by atoms with van der Waals surface area (Å²) in [7, 11) is 1.83. The molecule has 0 radical (unpaired) electrons. The Kier molecular flexibility index (Phi) is 5.01. The fourth-order valence-corrected chi connectivity index (χ4v) is 3.95. The predicted molar refractivity (Wildman–Crippen MR) is 96.8 cm³/mol. The topological polar surface area (TPSA) is 67.4 Å². The molecule has 1 aliphatic heterocycles. The number of rotatable bonds is 5. The molecule has 130 valence electrons. The van der Waals surface area contributed by atoms with Gasteiger partial charge in [-0.05, 0) is 39.2 Å². The second-order valence-corrected chi connectivity index (χ2v) is 7.48. The highest BCUT2D eigenvalue weighted by Crippen LogP contribution is 2.34. The van der Waals surface area contributed by atoms with Crippen molar-refractivity contribution in [2.24, 2.45) is 0 Å². The van der Waals surface area contributed by atoms with E-state index in [1.165, 1.54) is 11.3 Å². The van der Waals surface area contributed by atoms with E-state index in [0.29, 0.717) is 0 Å². The molecule has 0 aliphatic carbocycles. The van der Waals surface area contributed by atoms with Gasteiger partial charge in [-0.3, -0.25) is 4.79 Å². The Morgan fingerprint density at radius 1 is 1.50 bits per heavy atom. The largest absolute Gasteiger partial charge is 0.376 e. The van der Waals surface area contributed by atoms with Crippen molar-refractivity contribution >= 4 is 33.3 Å². The molecule has 1 unspecified atom stereocenters. The van der Waals surface area contributed by atoms with E-state index in [9.17, 15) is 4.79 Å². The number of anilines is 1. The summed E-state index contributed by atoms with van der Waals surface area (Å²) < 4.78 is 5.65. The molecule has 3 rings (SSSR count). The summed E-state index contributed by atoms with van der Waals surface area (Å²) in [4.78, 5) is 24.8. The van der Waals surface area contributed by atoms with E-state index in [4.69, 9.17) is 4.74 Å². The van der Waals surface area contributed by atoms with E-state index in [1.807, 2.05) is 27.8 Å². The van der Waals surface area contributed by atoms with E-state index in [1.54, 1.807) is 11.2 Å². The smallest absolute Gasteiger partial charge is 0.264 e. The summed E-state index contributed by atoms with van der Waals surface area (Å²) in [6, 6.07) is 0.158. The number of hydrogen-bond acceptors (Lipinski definition) is 6. The Balaban J connectivity index is 1.90. The zero-order valence-electron chi connectivity index (χ0n) is 14.6. The fourth-order valence-electron chi connectivity index (χ4n) is 2.82. The van der Waals surface area contributed by atoms with Crippen LogP contribution >= 0.6 is 11.3 Å². The van der Waals surface area contributed by atoms with Crippen LogP contribution in [0.4, 0.5) is 5.82 Å². The first kappa shape index (κ1) is 17.1. The molecule has 1 saturated heterocycles. The molecule has 0 bridgehead atoms. The minimum Gasteiger partial charge on any atom is -0.376 e. The zero-order chi connectivity index (χ0) is 17.3. The van der Waals surface area contributed by atoms with Gasteiger partial charge in [-0.2, -0.15) is 0 Å². The number of fused-ring (bicyclic) bond motifs is 1. The van der Waals surface area contributed by atoms with E-state index in [-0.39, 0.29) is 18.1 Å². The first-order chi connectivity index (χ1) is 11.5. The SMILES string of the molecule is Cc1c(C(=O)N(C)C(C)C)sc2ncnc(NCC3CCCO3)c12. The quantitative estimate of drug-likeness (QED) is 0.899. The first-order valence-electron chi connectivity index (χ1n) is 8.35. The van der Waals surface area contributed by atoms with Crippen molar-refractivity contribution in [2.75, 3.05) is 25.5 Å². The first-order valence-corrected chi connectivity index (χ1v) is 9.17. The Morgan fingerprint density at radius 3 is 2.96 bits per heavy atom. The van der Waals surface area contributed by atoms with E-state index < -0.39 is 0 Å². The molecule has 3 heterocycles. The van der Waals surface area contributed by atoms with Crippen LogP contribution in [0, 0.1) is 6.92 Å². The number of nitrogens with one attached hydrogen (secondary N) is 1. The van der Waals surface area contributed by atoms with Crippen molar-refractivity contribution in [1.82, 2.24) is 14.9 Å². The van der Waals surface area contributed by atoms with Gasteiger partial charge in [0.1, 0.15) is 17.0 Å². The molecule has 1 atom stereocenters. The maximum absolute atomic E-state index is 12.7. The van der Waals surface area contributed by atoms with Gasteiger partial charge in [0.05, 0.1) is 16.4 Å². The Bertz CT molecular complexity index is 738. The van der Waals surface area contributed by atoms with Crippen LogP contribution in [-0.4, -0.2) is 53.1 Å².